The first kappa shape index (κ1) is 8.89. The third-order valence-corrected chi connectivity index (χ3v) is 2.96. The van der Waals surface area contributed by atoms with Crippen LogP contribution in [0.5, 0.6) is 0 Å². The van der Waals surface area contributed by atoms with Crippen LogP contribution in [0.15, 0.2) is 12.3 Å². The highest BCUT2D eigenvalue weighted by molar-refractivity contribution is 5.48. The van der Waals surface area contributed by atoms with E-state index in [-0.39, 0.29) is 0 Å². The molecule has 1 aliphatic rings. The molecule has 2 aromatic heterocycles. The van der Waals surface area contributed by atoms with E-state index in [0.29, 0.717) is 11.8 Å². The lowest BCUT2D eigenvalue weighted by Crippen LogP contribution is -1.96. The molecule has 1 radical (unpaired) electrons. The van der Waals surface area contributed by atoms with Crippen molar-refractivity contribution in [2.24, 2.45) is 0 Å². The third-order valence-electron chi connectivity index (χ3n) is 2.96. The molecule has 77 valence electrons. The Balaban J connectivity index is 2.17. The minimum absolute atomic E-state index is 0.470. The van der Waals surface area contributed by atoms with Crippen molar-refractivity contribution in [2.45, 2.75) is 38.5 Å². The quantitative estimate of drug-likeness (QED) is 0.745. The van der Waals surface area contributed by atoms with Gasteiger partial charge in [-0.25, -0.2) is 9.50 Å². The van der Waals surface area contributed by atoms with E-state index in [2.05, 4.69) is 30.1 Å². The fourth-order valence-corrected chi connectivity index (χ4v) is 1.84. The zero-order chi connectivity index (χ0) is 10.4. The summed E-state index contributed by atoms with van der Waals surface area (Å²) < 4.78 is 1.75. The summed E-state index contributed by atoms with van der Waals surface area (Å²) in [4.78, 5) is 4.69. The lowest BCUT2D eigenvalue weighted by Gasteiger charge is -2.02. The van der Waals surface area contributed by atoms with Gasteiger partial charge in [0.05, 0.1) is 12.4 Å². The summed E-state index contributed by atoms with van der Waals surface area (Å²) in [7, 11) is 0. The highest BCUT2D eigenvalue weighted by atomic mass is 15.2. The number of aromatic nitrogens is 3. The molecule has 0 spiro atoms. The molecule has 0 amide bonds. The Morgan fingerprint density at radius 3 is 2.93 bits per heavy atom. The van der Waals surface area contributed by atoms with Crippen LogP contribution in [0.3, 0.4) is 0 Å². The van der Waals surface area contributed by atoms with Crippen molar-refractivity contribution in [1.29, 1.82) is 0 Å². The zero-order valence-electron chi connectivity index (χ0n) is 9.07. The summed E-state index contributed by atoms with van der Waals surface area (Å²) in [6.45, 7) is 4.34. The molecule has 0 unspecified atom stereocenters. The van der Waals surface area contributed by atoms with Crippen LogP contribution in [-0.4, -0.2) is 14.6 Å². The van der Waals surface area contributed by atoms with E-state index in [1.807, 2.05) is 12.3 Å². The van der Waals surface area contributed by atoms with Crippen LogP contribution in [0.4, 0.5) is 0 Å². The summed E-state index contributed by atoms with van der Waals surface area (Å²) >= 11 is 0. The van der Waals surface area contributed by atoms with Crippen LogP contribution in [0.1, 0.15) is 49.8 Å². The van der Waals surface area contributed by atoms with Crippen molar-refractivity contribution in [2.75, 3.05) is 0 Å². The fraction of sp³-hybridized carbons (Fsp3) is 0.500. The summed E-state index contributed by atoms with van der Waals surface area (Å²) in [6.07, 6.45) is 7.62. The molecule has 0 aromatic carbocycles. The SMILES string of the molecule is CC(C)c1cnn2[c]cc(C3CC3)nc12. The Bertz CT molecular complexity index is 495. The Kier molecular flexibility index (Phi) is 1.81. The maximum Gasteiger partial charge on any atom is 0.159 e. The van der Waals surface area contributed by atoms with E-state index in [0.717, 1.165) is 5.65 Å². The van der Waals surface area contributed by atoms with Gasteiger partial charge < -0.3 is 0 Å². The molecule has 3 rings (SSSR count). The van der Waals surface area contributed by atoms with Crippen molar-refractivity contribution < 1.29 is 0 Å². The second-order valence-electron chi connectivity index (χ2n) is 4.57. The van der Waals surface area contributed by atoms with Crippen LogP contribution >= 0.6 is 0 Å². The second-order valence-corrected chi connectivity index (χ2v) is 4.57. The molecule has 0 aliphatic heterocycles. The topological polar surface area (TPSA) is 30.2 Å². The average molecular weight is 200 g/mol. The Labute approximate surface area is 89.1 Å². The highest BCUT2D eigenvalue weighted by Gasteiger charge is 2.25. The molecule has 2 aromatic rings. The molecule has 3 heteroatoms. The standard InChI is InChI=1S/C12H14N3/c1-8(2)10-7-13-15-6-5-11(9-3-4-9)14-12(10)15/h5,7-9H,3-4H2,1-2H3. The summed E-state index contributed by atoms with van der Waals surface area (Å²) in [5, 5.41) is 4.26. The van der Waals surface area contributed by atoms with Crippen molar-refractivity contribution >= 4 is 5.65 Å². The number of hydrogen-bond acceptors (Lipinski definition) is 2. The monoisotopic (exact) mass is 200 g/mol. The molecule has 3 nitrogen and oxygen atoms in total. The normalized spacial score (nSPS) is 16.5. The van der Waals surface area contributed by atoms with Crippen LogP contribution in [0.25, 0.3) is 5.65 Å². The van der Waals surface area contributed by atoms with Crippen LogP contribution in [-0.2, 0) is 0 Å². The van der Waals surface area contributed by atoms with E-state index >= 15 is 0 Å². The van der Waals surface area contributed by atoms with Gasteiger partial charge >= 0.3 is 0 Å². The Morgan fingerprint density at radius 1 is 1.47 bits per heavy atom. The van der Waals surface area contributed by atoms with E-state index in [1.54, 1.807) is 4.52 Å². The molecule has 15 heavy (non-hydrogen) atoms. The lowest BCUT2D eigenvalue weighted by atomic mass is 10.1. The first-order valence-corrected chi connectivity index (χ1v) is 5.52. The predicted molar refractivity (Wildman–Crippen MR) is 57.9 cm³/mol. The Hall–Kier alpha value is -1.38. The van der Waals surface area contributed by atoms with Gasteiger partial charge in [-0.05, 0) is 24.8 Å². The van der Waals surface area contributed by atoms with Crippen molar-refractivity contribution in [3.63, 3.8) is 0 Å². The van der Waals surface area contributed by atoms with Crippen molar-refractivity contribution in [1.82, 2.24) is 14.6 Å². The highest BCUT2D eigenvalue weighted by Crippen LogP contribution is 2.39. The van der Waals surface area contributed by atoms with Gasteiger partial charge in [0.15, 0.2) is 5.65 Å². The van der Waals surface area contributed by atoms with Gasteiger partial charge in [0.25, 0.3) is 0 Å². The summed E-state index contributed by atoms with van der Waals surface area (Å²) in [6, 6.07) is 1.97. The van der Waals surface area contributed by atoms with Gasteiger partial charge in [-0.3, -0.25) is 0 Å². The fourth-order valence-electron chi connectivity index (χ4n) is 1.84. The first-order valence-electron chi connectivity index (χ1n) is 5.52. The Morgan fingerprint density at radius 2 is 2.27 bits per heavy atom. The van der Waals surface area contributed by atoms with Gasteiger partial charge in [0.1, 0.15) is 0 Å². The molecule has 0 N–H and O–H groups in total. The number of hydrogen-bond donors (Lipinski definition) is 0. The van der Waals surface area contributed by atoms with Gasteiger partial charge in [0, 0.05) is 17.2 Å². The molecular formula is C12H14N3. The van der Waals surface area contributed by atoms with Gasteiger partial charge in [-0.15, -0.1) is 0 Å². The minimum Gasteiger partial charge on any atom is -0.233 e. The van der Waals surface area contributed by atoms with Crippen LogP contribution in [0.2, 0.25) is 0 Å². The number of nitrogens with zero attached hydrogens (tertiary/aromatic N) is 3. The first-order chi connectivity index (χ1) is 7.25. The minimum atomic E-state index is 0.470. The third kappa shape index (κ3) is 1.42. The zero-order valence-corrected chi connectivity index (χ0v) is 9.07. The molecule has 1 aliphatic carbocycles. The molecule has 0 bridgehead atoms. The lowest BCUT2D eigenvalue weighted by molar-refractivity contribution is 0.866. The summed E-state index contributed by atoms with van der Waals surface area (Å²) in [5.41, 5.74) is 3.38. The van der Waals surface area contributed by atoms with Gasteiger partial charge in [-0.1, -0.05) is 13.8 Å². The largest absolute Gasteiger partial charge is 0.233 e. The maximum atomic E-state index is 4.69. The van der Waals surface area contributed by atoms with E-state index in [1.165, 1.54) is 24.1 Å². The number of rotatable bonds is 2. The van der Waals surface area contributed by atoms with E-state index in [9.17, 15) is 0 Å². The summed E-state index contributed by atoms with van der Waals surface area (Å²) in [5.74, 6) is 1.15. The van der Waals surface area contributed by atoms with Crippen molar-refractivity contribution in [3.05, 3.63) is 29.7 Å². The average Bonchev–Trinajstić information content (AvgIpc) is 2.97. The smallest absolute Gasteiger partial charge is 0.159 e. The molecule has 0 atom stereocenters. The van der Waals surface area contributed by atoms with Gasteiger partial charge in [-0.2, -0.15) is 5.10 Å². The molecule has 1 fully saturated rings. The van der Waals surface area contributed by atoms with Gasteiger partial charge in [0.2, 0.25) is 0 Å². The van der Waals surface area contributed by atoms with E-state index < -0.39 is 0 Å². The second kappa shape index (κ2) is 3.05. The molecule has 2 heterocycles. The van der Waals surface area contributed by atoms with Crippen LogP contribution in [0, 0.1) is 6.20 Å². The number of fused-ring (bicyclic) bond motifs is 1. The maximum absolute atomic E-state index is 4.69. The van der Waals surface area contributed by atoms with Crippen molar-refractivity contribution in [3.8, 4) is 0 Å². The molecule has 0 saturated heterocycles. The molecular weight excluding hydrogens is 186 g/mol. The predicted octanol–water partition coefficient (Wildman–Crippen LogP) is 2.53. The van der Waals surface area contributed by atoms with Crippen LogP contribution < -0.4 is 0 Å². The van der Waals surface area contributed by atoms with E-state index in [4.69, 9.17) is 0 Å². The molecule has 1 saturated carbocycles.